The molecule has 11 heavy (non-hydrogen) atoms. The summed E-state index contributed by atoms with van der Waals surface area (Å²) in [4.78, 5) is 0. The zero-order chi connectivity index (χ0) is 8.69. The summed E-state index contributed by atoms with van der Waals surface area (Å²) in [6.45, 7) is 9.04. The lowest BCUT2D eigenvalue weighted by atomic mass is 10.0. The van der Waals surface area contributed by atoms with Crippen LogP contribution in [0.25, 0.3) is 0 Å². The van der Waals surface area contributed by atoms with Crippen molar-refractivity contribution >= 4 is 0 Å². The summed E-state index contributed by atoms with van der Waals surface area (Å²) < 4.78 is 0. The van der Waals surface area contributed by atoms with Gasteiger partial charge in [0.2, 0.25) is 0 Å². The van der Waals surface area contributed by atoms with Crippen LogP contribution in [-0.4, -0.2) is 0 Å². The number of hydrogen-bond acceptors (Lipinski definition) is 0. The Hall–Kier alpha value is -0.260. The summed E-state index contributed by atoms with van der Waals surface area (Å²) in [5.41, 5.74) is 1.56. The molecule has 0 nitrogen and oxygen atoms in total. The molecular weight excluding hydrogens is 132 g/mol. The summed E-state index contributed by atoms with van der Waals surface area (Å²) in [5, 5.41) is 0. The van der Waals surface area contributed by atoms with Crippen molar-refractivity contribution in [3.05, 3.63) is 11.6 Å². The fraction of sp³-hybridized carbons (Fsp3) is 0.818. The summed E-state index contributed by atoms with van der Waals surface area (Å²) in [6.07, 6.45) is 7.59. The zero-order valence-electron chi connectivity index (χ0n) is 8.48. The van der Waals surface area contributed by atoms with E-state index in [-0.39, 0.29) is 0 Å². The van der Waals surface area contributed by atoms with E-state index in [0.717, 1.165) is 5.92 Å². The normalized spacial score (nSPS) is 12.6. The highest BCUT2D eigenvalue weighted by molar-refractivity contribution is 4.98. The van der Waals surface area contributed by atoms with Gasteiger partial charge in [0.05, 0.1) is 0 Å². The quantitative estimate of drug-likeness (QED) is 0.412. The third-order valence-electron chi connectivity index (χ3n) is 1.78. The lowest BCUT2D eigenvalue weighted by Crippen LogP contribution is -1.87. The molecule has 0 aliphatic rings. The van der Waals surface area contributed by atoms with Gasteiger partial charge in [0.15, 0.2) is 0 Å². The molecular formula is C11H22. The van der Waals surface area contributed by atoms with E-state index in [4.69, 9.17) is 0 Å². The zero-order valence-corrected chi connectivity index (χ0v) is 8.48. The molecule has 0 radical (unpaired) electrons. The summed E-state index contributed by atoms with van der Waals surface area (Å²) >= 11 is 0. The molecule has 0 unspecified atom stereocenters. The highest BCUT2D eigenvalue weighted by atomic mass is 14.0. The van der Waals surface area contributed by atoms with E-state index in [0.29, 0.717) is 0 Å². The van der Waals surface area contributed by atoms with Crippen LogP contribution in [-0.2, 0) is 0 Å². The maximum absolute atomic E-state index is 2.39. The first-order valence-corrected chi connectivity index (χ1v) is 4.82. The van der Waals surface area contributed by atoms with Crippen LogP contribution < -0.4 is 0 Å². The van der Waals surface area contributed by atoms with Gasteiger partial charge in [0.25, 0.3) is 0 Å². The minimum Gasteiger partial charge on any atom is -0.0856 e. The predicted octanol–water partition coefficient (Wildman–Crippen LogP) is 4.17. The second-order valence-electron chi connectivity index (χ2n) is 3.79. The Morgan fingerprint density at radius 2 is 2.00 bits per heavy atom. The van der Waals surface area contributed by atoms with Gasteiger partial charge in [-0.15, -0.1) is 0 Å². The van der Waals surface area contributed by atoms with Crippen molar-refractivity contribution in [1.29, 1.82) is 0 Å². The third kappa shape index (κ3) is 7.64. The average Bonchev–Trinajstić information content (AvgIpc) is 1.86. The van der Waals surface area contributed by atoms with Gasteiger partial charge in [-0.3, -0.25) is 0 Å². The first-order valence-electron chi connectivity index (χ1n) is 4.82. The Morgan fingerprint density at radius 1 is 1.36 bits per heavy atom. The van der Waals surface area contributed by atoms with E-state index in [1.54, 1.807) is 5.57 Å². The molecule has 0 N–H and O–H groups in total. The fourth-order valence-electron chi connectivity index (χ4n) is 1.28. The molecule has 0 aliphatic carbocycles. The lowest BCUT2D eigenvalue weighted by Gasteiger charge is -2.03. The van der Waals surface area contributed by atoms with Crippen molar-refractivity contribution in [1.82, 2.24) is 0 Å². The topological polar surface area (TPSA) is 0 Å². The molecule has 0 atom stereocenters. The van der Waals surface area contributed by atoms with Gasteiger partial charge in [0, 0.05) is 0 Å². The molecule has 0 bridgehead atoms. The first-order chi connectivity index (χ1) is 5.16. The van der Waals surface area contributed by atoms with Crippen molar-refractivity contribution in [3.8, 4) is 0 Å². The maximum Gasteiger partial charge on any atom is -0.0300 e. The minimum atomic E-state index is 0.813. The number of allylic oxidation sites excluding steroid dienone is 2. The van der Waals surface area contributed by atoms with Gasteiger partial charge in [0.1, 0.15) is 0 Å². The van der Waals surface area contributed by atoms with E-state index < -0.39 is 0 Å². The molecule has 0 heterocycles. The number of hydrogen-bond donors (Lipinski definition) is 0. The van der Waals surface area contributed by atoms with Crippen LogP contribution in [0.4, 0.5) is 0 Å². The van der Waals surface area contributed by atoms with Crippen LogP contribution in [0.3, 0.4) is 0 Å². The number of rotatable bonds is 5. The molecule has 0 rings (SSSR count). The molecule has 0 aliphatic heterocycles. The molecule has 0 amide bonds. The smallest absolute Gasteiger partial charge is 0.0300 e. The van der Waals surface area contributed by atoms with E-state index in [2.05, 4.69) is 33.8 Å². The van der Waals surface area contributed by atoms with Crippen molar-refractivity contribution < 1.29 is 0 Å². The monoisotopic (exact) mass is 154 g/mol. The molecule has 0 aromatic rings. The van der Waals surface area contributed by atoms with Crippen LogP contribution in [0, 0.1) is 5.92 Å². The van der Waals surface area contributed by atoms with Crippen molar-refractivity contribution in [3.63, 3.8) is 0 Å². The van der Waals surface area contributed by atoms with Crippen molar-refractivity contribution in [2.24, 2.45) is 5.92 Å². The first kappa shape index (κ1) is 10.7. The van der Waals surface area contributed by atoms with Gasteiger partial charge in [-0.1, -0.05) is 45.3 Å². The van der Waals surface area contributed by atoms with Crippen LogP contribution >= 0.6 is 0 Å². The van der Waals surface area contributed by atoms with Gasteiger partial charge >= 0.3 is 0 Å². The molecule has 0 aromatic carbocycles. The molecule has 0 fully saturated rings. The molecule has 0 spiro atoms. The molecule has 0 aromatic heterocycles. The van der Waals surface area contributed by atoms with Crippen molar-refractivity contribution in [2.45, 2.75) is 53.4 Å². The summed E-state index contributed by atoms with van der Waals surface area (Å²) in [6, 6.07) is 0. The second kappa shape index (κ2) is 6.45. The van der Waals surface area contributed by atoms with E-state index in [1.165, 1.54) is 25.7 Å². The number of unbranched alkanes of at least 4 members (excludes halogenated alkanes) is 2. The SMILES string of the molecule is CCCC/C=C(\C)CC(C)C. The average molecular weight is 154 g/mol. The van der Waals surface area contributed by atoms with E-state index in [1.807, 2.05) is 0 Å². The van der Waals surface area contributed by atoms with Gasteiger partial charge in [-0.25, -0.2) is 0 Å². The lowest BCUT2D eigenvalue weighted by molar-refractivity contribution is 0.639. The highest BCUT2D eigenvalue weighted by Gasteiger charge is 1.94. The Morgan fingerprint density at radius 3 is 2.45 bits per heavy atom. The van der Waals surface area contributed by atoms with Gasteiger partial charge in [-0.05, 0) is 25.7 Å². The maximum atomic E-state index is 2.39. The molecule has 0 saturated heterocycles. The molecule has 0 heteroatoms. The Kier molecular flexibility index (Phi) is 6.30. The summed E-state index contributed by atoms with van der Waals surface area (Å²) in [7, 11) is 0. The van der Waals surface area contributed by atoms with Gasteiger partial charge in [-0.2, -0.15) is 0 Å². The highest BCUT2D eigenvalue weighted by Crippen LogP contribution is 2.11. The third-order valence-corrected chi connectivity index (χ3v) is 1.78. The largest absolute Gasteiger partial charge is 0.0856 e. The summed E-state index contributed by atoms with van der Waals surface area (Å²) in [5.74, 6) is 0.813. The second-order valence-corrected chi connectivity index (χ2v) is 3.79. The predicted molar refractivity (Wildman–Crippen MR) is 52.7 cm³/mol. The van der Waals surface area contributed by atoms with Gasteiger partial charge < -0.3 is 0 Å². The molecule has 0 saturated carbocycles. The fourth-order valence-corrected chi connectivity index (χ4v) is 1.28. The van der Waals surface area contributed by atoms with Crippen molar-refractivity contribution in [2.75, 3.05) is 0 Å². The van der Waals surface area contributed by atoms with E-state index in [9.17, 15) is 0 Å². The van der Waals surface area contributed by atoms with Crippen LogP contribution in [0.15, 0.2) is 11.6 Å². The van der Waals surface area contributed by atoms with Crippen LogP contribution in [0.5, 0.6) is 0 Å². The Balaban J connectivity index is 3.46. The Labute approximate surface area is 71.7 Å². The Bertz CT molecular complexity index is 109. The van der Waals surface area contributed by atoms with Crippen LogP contribution in [0.2, 0.25) is 0 Å². The standard InChI is InChI=1S/C11H22/c1-5-6-7-8-11(4)9-10(2)3/h8,10H,5-7,9H2,1-4H3/b11-8+. The van der Waals surface area contributed by atoms with E-state index >= 15 is 0 Å². The molecule has 66 valence electrons. The van der Waals surface area contributed by atoms with Crippen LogP contribution in [0.1, 0.15) is 53.4 Å². The minimum absolute atomic E-state index is 0.813.